The topological polar surface area (TPSA) is 50.2 Å². The number of aromatic nitrogens is 1. The molecule has 0 amide bonds. The van der Waals surface area contributed by atoms with Gasteiger partial charge in [-0.2, -0.15) is 0 Å². The van der Waals surface area contributed by atoms with Crippen LogP contribution < -0.4 is 0 Å². The number of aliphatic hydroxyl groups is 1. The van der Waals surface area contributed by atoms with Crippen molar-refractivity contribution in [2.75, 3.05) is 6.61 Å². The van der Waals surface area contributed by atoms with Crippen molar-refractivity contribution < 1.29 is 9.90 Å². The van der Waals surface area contributed by atoms with Crippen molar-refractivity contribution in [2.45, 2.75) is 19.8 Å². The number of hydrogen-bond acceptors (Lipinski definition) is 4. The van der Waals surface area contributed by atoms with Crippen molar-refractivity contribution in [3.63, 3.8) is 0 Å². The van der Waals surface area contributed by atoms with Crippen LogP contribution in [-0.2, 0) is 12.8 Å². The number of hydrogen-bond donors (Lipinski definition) is 1. The summed E-state index contributed by atoms with van der Waals surface area (Å²) in [6.45, 7) is 2.01. The normalized spacial score (nSPS) is 10.2. The van der Waals surface area contributed by atoms with Gasteiger partial charge in [0.1, 0.15) is 5.01 Å². The summed E-state index contributed by atoms with van der Waals surface area (Å²) in [5, 5.41) is 10.3. The number of carbonyl (C=O) groups is 1. The van der Waals surface area contributed by atoms with Crippen LogP contribution in [0.15, 0.2) is 24.3 Å². The molecule has 0 aliphatic heterocycles. The van der Waals surface area contributed by atoms with Gasteiger partial charge in [0.05, 0.1) is 12.1 Å². The van der Waals surface area contributed by atoms with E-state index in [0.29, 0.717) is 23.4 Å². The highest BCUT2D eigenvalue weighted by atomic mass is 79.9. The van der Waals surface area contributed by atoms with Crippen LogP contribution in [0, 0.1) is 6.92 Å². The Morgan fingerprint density at radius 1 is 1.35 bits per heavy atom. The van der Waals surface area contributed by atoms with Crippen LogP contribution >= 0.6 is 39.9 Å². The van der Waals surface area contributed by atoms with Crippen LogP contribution in [-0.4, -0.2) is 22.5 Å². The number of ketones is 1. The maximum absolute atomic E-state index is 12.1. The van der Waals surface area contributed by atoms with E-state index in [1.54, 1.807) is 24.3 Å². The zero-order chi connectivity index (χ0) is 13.8. The molecule has 0 fully saturated rings. The molecule has 2 rings (SSSR count). The van der Waals surface area contributed by atoms with Gasteiger partial charge in [-0.25, -0.2) is 4.98 Å². The van der Waals surface area contributed by atoms with Crippen molar-refractivity contribution in [3.05, 3.63) is 50.4 Å². The van der Waals surface area contributed by atoms with E-state index >= 15 is 0 Å². The summed E-state index contributed by atoms with van der Waals surface area (Å²) in [4.78, 5) is 17.5. The molecule has 0 radical (unpaired) electrons. The largest absolute Gasteiger partial charge is 0.396 e. The molecule has 2 aromatic rings. The quantitative estimate of drug-likeness (QED) is 0.811. The Morgan fingerprint density at radius 3 is 2.60 bits per heavy atom. The molecule has 1 N–H and O–H groups in total. The molecule has 0 spiro atoms. The molecule has 6 heteroatoms. The summed E-state index contributed by atoms with van der Waals surface area (Å²) in [5.74, 6) is 0.0287. The van der Waals surface area contributed by atoms with E-state index in [9.17, 15) is 4.79 Å². The third-order valence-corrected chi connectivity index (χ3v) is 4.22. The van der Waals surface area contributed by atoms with Crippen LogP contribution in [0.25, 0.3) is 0 Å². The lowest BCUT2D eigenvalue weighted by atomic mass is 10.1. The summed E-state index contributed by atoms with van der Waals surface area (Å²) in [5.41, 5.74) is 1.54. The molecule has 0 bridgehead atoms. The van der Waals surface area contributed by atoms with Gasteiger partial charge in [0, 0.05) is 28.5 Å². The zero-order valence-corrected chi connectivity index (χ0v) is 14.2. The Kier molecular flexibility index (Phi) is 6.82. The van der Waals surface area contributed by atoms with E-state index in [2.05, 4.69) is 4.98 Å². The molecule has 0 aliphatic rings. The Morgan fingerprint density at radius 2 is 2.00 bits per heavy atom. The first-order valence-corrected chi connectivity index (χ1v) is 7.14. The standard InChI is InChI=1S/C14H14ClNO2S.BrH/c1-9-13(6-7-17)19-14(16-9)8-12(18)10-2-4-11(15)5-3-10;/h2-5,17H,6-8H2,1H3;1H. The molecule has 0 saturated carbocycles. The third-order valence-electron chi connectivity index (χ3n) is 2.75. The monoisotopic (exact) mass is 375 g/mol. The molecular formula is C14H15BrClNO2S. The van der Waals surface area contributed by atoms with Crippen LogP contribution in [0.4, 0.5) is 0 Å². The molecule has 0 unspecified atom stereocenters. The van der Waals surface area contributed by atoms with Gasteiger partial charge >= 0.3 is 0 Å². The van der Waals surface area contributed by atoms with Gasteiger partial charge < -0.3 is 5.11 Å². The van der Waals surface area contributed by atoms with Gasteiger partial charge in [-0.15, -0.1) is 28.3 Å². The summed E-state index contributed by atoms with van der Waals surface area (Å²) in [7, 11) is 0. The number of aliphatic hydroxyl groups excluding tert-OH is 1. The van der Waals surface area contributed by atoms with E-state index in [4.69, 9.17) is 16.7 Å². The SMILES string of the molecule is Br.Cc1nc(CC(=O)c2ccc(Cl)cc2)sc1CCO. The average molecular weight is 377 g/mol. The number of Topliss-reactive ketones (excluding diaryl/α,β-unsaturated/α-hetero) is 1. The number of nitrogens with zero attached hydrogens (tertiary/aromatic N) is 1. The second-order valence-electron chi connectivity index (χ2n) is 4.20. The van der Waals surface area contributed by atoms with E-state index in [0.717, 1.165) is 15.6 Å². The Hall–Kier alpha value is -0.750. The Bertz CT molecular complexity index is 583. The highest BCUT2D eigenvalue weighted by Crippen LogP contribution is 2.20. The average Bonchev–Trinajstić information content (AvgIpc) is 2.71. The number of halogens is 2. The molecule has 20 heavy (non-hydrogen) atoms. The molecule has 1 aromatic heterocycles. The zero-order valence-electron chi connectivity index (χ0n) is 10.9. The van der Waals surface area contributed by atoms with Gasteiger partial charge in [0.15, 0.2) is 5.78 Å². The van der Waals surface area contributed by atoms with Gasteiger partial charge in [-0.1, -0.05) is 11.6 Å². The van der Waals surface area contributed by atoms with E-state index < -0.39 is 0 Å². The first-order valence-electron chi connectivity index (χ1n) is 5.95. The van der Waals surface area contributed by atoms with E-state index in [-0.39, 0.29) is 29.4 Å². The predicted octanol–water partition coefficient (Wildman–Crippen LogP) is 3.64. The van der Waals surface area contributed by atoms with Crippen LogP contribution in [0.5, 0.6) is 0 Å². The highest BCUT2D eigenvalue weighted by Gasteiger charge is 2.12. The lowest BCUT2D eigenvalue weighted by Crippen LogP contribution is -2.02. The van der Waals surface area contributed by atoms with Crippen molar-refractivity contribution in [2.24, 2.45) is 0 Å². The second-order valence-corrected chi connectivity index (χ2v) is 5.80. The van der Waals surface area contributed by atoms with E-state index in [1.807, 2.05) is 6.92 Å². The maximum atomic E-state index is 12.1. The minimum atomic E-state index is 0. The summed E-state index contributed by atoms with van der Waals surface area (Å²) in [6, 6.07) is 6.86. The smallest absolute Gasteiger partial charge is 0.169 e. The van der Waals surface area contributed by atoms with Crippen molar-refractivity contribution >= 4 is 45.7 Å². The lowest BCUT2D eigenvalue weighted by Gasteiger charge is -1.98. The third kappa shape index (κ3) is 4.38. The molecule has 0 atom stereocenters. The first kappa shape index (κ1) is 17.3. The molecule has 108 valence electrons. The van der Waals surface area contributed by atoms with Crippen LogP contribution in [0.2, 0.25) is 5.02 Å². The number of thiazole rings is 1. The highest BCUT2D eigenvalue weighted by molar-refractivity contribution is 8.93. The number of rotatable bonds is 5. The van der Waals surface area contributed by atoms with E-state index in [1.165, 1.54) is 11.3 Å². The predicted molar refractivity (Wildman–Crippen MR) is 87.4 cm³/mol. The number of carbonyl (C=O) groups excluding carboxylic acids is 1. The van der Waals surface area contributed by atoms with Gasteiger partial charge in [0.2, 0.25) is 0 Å². The van der Waals surface area contributed by atoms with Crippen LogP contribution in [0.1, 0.15) is 25.9 Å². The molecule has 3 nitrogen and oxygen atoms in total. The van der Waals surface area contributed by atoms with Gasteiger partial charge in [-0.05, 0) is 31.2 Å². The fourth-order valence-corrected chi connectivity index (χ4v) is 2.96. The van der Waals surface area contributed by atoms with Crippen molar-refractivity contribution in [1.82, 2.24) is 4.98 Å². The fourth-order valence-electron chi connectivity index (χ4n) is 1.77. The number of aryl methyl sites for hydroxylation is 1. The summed E-state index contributed by atoms with van der Waals surface area (Å²) < 4.78 is 0. The van der Waals surface area contributed by atoms with Crippen LogP contribution in [0.3, 0.4) is 0 Å². The van der Waals surface area contributed by atoms with Gasteiger partial charge in [-0.3, -0.25) is 4.79 Å². The lowest BCUT2D eigenvalue weighted by molar-refractivity contribution is 0.0993. The van der Waals surface area contributed by atoms with Gasteiger partial charge in [0.25, 0.3) is 0 Å². The Balaban J connectivity index is 0.00000200. The molecule has 0 saturated heterocycles. The fraction of sp³-hybridized carbons (Fsp3) is 0.286. The molecule has 1 heterocycles. The Labute approximate surface area is 137 Å². The molecule has 0 aliphatic carbocycles. The minimum absolute atomic E-state index is 0. The first-order chi connectivity index (χ1) is 9.10. The molecule has 1 aromatic carbocycles. The maximum Gasteiger partial charge on any atom is 0.169 e. The van der Waals surface area contributed by atoms with Crippen molar-refractivity contribution in [1.29, 1.82) is 0 Å². The second kappa shape index (κ2) is 7.88. The summed E-state index contributed by atoms with van der Waals surface area (Å²) >= 11 is 7.28. The van der Waals surface area contributed by atoms with Crippen molar-refractivity contribution in [3.8, 4) is 0 Å². The molecular weight excluding hydrogens is 362 g/mol. The summed E-state index contributed by atoms with van der Waals surface area (Å²) in [6.07, 6.45) is 0.886. The minimum Gasteiger partial charge on any atom is -0.396 e. The number of benzene rings is 1.